The Balaban J connectivity index is 1.65. The van der Waals surface area contributed by atoms with Crippen LogP contribution in [0.1, 0.15) is 30.1 Å². The number of nitrogens with zero attached hydrogens (tertiary/aromatic N) is 2. The highest BCUT2D eigenvalue weighted by Gasteiger charge is 2.24. The lowest BCUT2D eigenvalue weighted by molar-refractivity contribution is -0.387. The topological polar surface area (TPSA) is 119 Å². The third-order valence-electron chi connectivity index (χ3n) is 4.53. The number of benzene rings is 2. The van der Waals surface area contributed by atoms with Crippen LogP contribution in [0.15, 0.2) is 42.5 Å². The molecule has 1 fully saturated rings. The molecule has 1 aliphatic heterocycles. The zero-order valence-electron chi connectivity index (χ0n) is 16.0. The lowest BCUT2D eigenvalue weighted by Crippen LogP contribution is -2.30. The van der Waals surface area contributed by atoms with Crippen LogP contribution in [0.2, 0.25) is 0 Å². The van der Waals surface area contributed by atoms with Crippen LogP contribution in [-0.4, -0.2) is 35.4 Å². The fourth-order valence-electron chi connectivity index (χ4n) is 2.98. The first kappa shape index (κ1) is 20.9. The van der Waals surface area contributed by atoms with Crippen molar-refractivity contribution in [2.45, 2.75) is 25.9 Å². The van der Waals surface area contributed by atoms with Gasteiger partial charge in [0.1, 0.15) is 0 Å². The van der Waals surface area contributed by atoms with Gasteiger partial charge in [-0.1, -0.05) is 6.07 Å². The van der Waals surface area contributed by atoms with E-state index in [0.717, 1.165) is 24.6 Å². The number of carbonyl (C=O) groups excluding carboxylic acids is 3. The number of hydrogen-bond acceptors (Lipinski definition) is 6. The molecule has 0 aromatic heterocycles. The molecule has 1 heterocycles. The molecule has 1 aliphatic rings. The number of nitro groups is 1. The normalized spacial score (nSPS) is 14.3. The summed E-state index contributed by atoms with van der Waals surface area (Å²) in [5.41, 5.74) is -0.0526. The standard InChI is InChI=1S/C20H18FN3O6/c1-12(19(26)22-14-7-8-16(21)17(11-14)24(28)29)30-20(27)13-4-2-5-15(10-13)23-9-3-6-18(23)25/h2,4-5,7-8,10-12H,3,6,9H2,1H3,(H,22,26)/t12-/m0/s1. The zero-order valence-corrected chi connectivity index (χ0v) is 16.0. The minimum atomic E-state index is -1.22. The van der Waals surface area contributed by atoms with Crippen LogP contribution in [0.3, 0.4) is 0 Å². The average Bonchev–Trinajstić information content (AvgIpc) is 3.15. The van der Waals surface area contributed by atoms with Crippen molar-refractivity contribution in [3.8, 4) is 0 Å². The molecule has 1 saturated heterocycles. The molecule has 30 heavy (non-hydrogen) atoms. The van der Waals surface area contributed by atoms with Crippen LogP contribution in [-0.2, 0) is 14.3 Å². The number of ether oxygens (including phenoxy) is 1. The summed E-state index contributed by atoms with van der Waals surface area (Å²) in [7, 11) is 0. The van der Waals surface area contributed by atoms with E-state index in [1.54, 1.807) is 17.0 Å². The molecule has 1 atom stereocenters. The molecule has 0 spiro atoms. The minimum Gasteiger partial charge on any atom is -0.449 e. The number of rotatable bonds is 6. The summed E-state index contributed by atoms with van der Waals surface area (Å²) >= 11 is 0. The summed E-state index contributed by atoms with van der Waals surface area (Å²) in [6.45, 7) is 1.90. The molecule has 2 amide bonds. The SMILES string of the molecule is C[C@H](OC(=O)c1cccc(N2CCCC2=O)c1)C(=O)Nc1ccc(F)c([N+](=O)[O-])c1. The first-order chi connectivity index (χ1) is 14.3. The number of anilines is 2. The highest BCUT2D eigenvalue weighted by molar-refractivity contribution is 5.99. The molecular weight excluding hydrogens is 397 g/mol. The van der Waals surface area contributed by atoms with E-state index in [1.165, 1.54) is 19.1 Å². The van der Waals surface area contributed by atoms with E-state index in [-0.39, 0.29) is 17.2 Å². The molecule has 0 unspecified atom stereocenters. The van der Waals surface area contributed by atoms with Gasteiger partial charge >= 0.3 is 11.7 Å². The number of amides is 2. The van der Waals surface area contributed by atoms with Crippen LogP contribution in [0.25, 0.3) is 0 Å². The Morgan fingerprint density at radius 3 is 2.70 bits per heavy atom. The van der Waals surface area contributed by atoms with Gasteiger partial charge in [0.2, 0.25) is 11.7 Å². The molecule has 10 heteroatoms. The number of nitro benzene ring substituents is 1. The lowest BCUT2D eigenvalue weighted by atomic mass is 10.2. The summed E-state index contributed by atoms with van der Waals surface area (Å²) < 4.78 is 18.6. The van der Waals surface area contributed by atoms with Crippen LogP contribution >= 0.6 is 0 Å². The molecule has 0 radical (unpaired) electrons. The second-order valence-electron chi connectivity index (χ2n) is 6.66. The van der Waals surface area contributed by atoms with Crippen molar-refractivity contribution in [3.63, 3.8) is 0 Å². The van der Waals surface area contributed by atoms with Crippen LogP contribution < -0.4 is 10.2 Å². The van der Waals surface area contributed by atoms with Crippen molar-refractivity contribution in [1.82, 2.24) is 0 Å². The summed E-state index contributed by atoms with van der Waals surface area (Å²) in [5, 5.41) is 13.1. The Morgan fingerprint density at radius 2 is 2.03 bits per heavy atom. The van der Waals surface area contributed by atoms with Gasteiger partial charge in [-0.2, -0.15) is 4.39 Å². The Labute approximate surface area is 170 Å². The molecule has 9 nitrogen and oxygen atoms in total. The summed E-state index contributed by atoms with van der Waals surface area (Å²) in [6.07, 6.45) is -0.0293. The second-order valence-corrected chi connectivity index (χ2v) is 6.66. The summed E-state index contributed by atoms with van der Waals surface area (Å²) in [5.74, 6) is -2.57. The van der Waals surface area contributed by atoms with Crippen molar-refractivity contribution in [2.75, 3.05) is 16.8 Å². The molecule has 2 aromatic carbocycles. The van der Waals surface area contributed by atoms with Crippen molar-refractivity contribution in [2.24, 2.45) is 0 Å². The van der Waals surface area contributed by atoms with Crippen LogP contribution in [0.4, 0.5) is 21.5 Å². The molecule has 0 saturated carbocycles. The molecule has 0 aliphatic carbocycles. The van der Waals surface area contributed by atoms with E-state index in [9.17, 15) is 28.9 Å². The largest absolute Gasteiger partial charge is 0.449 e. The third kappa shape index (κ3) is 4.59. The number of hydrogen-bond donors (Lipinski definition) is 1. The van der Waals surface area contributed by atoms with Gasteiger partial charge in [-0.05, 0) is 43.7 Å². The fraction of sp³-hybridized carbons (Fsp3) is 0.250. The highest BCUT2D eigenvalue weighted by Crippen LogP contribution is 2.24. The fourth-order valence-corrected chi connectivity index (χ4v) is 2.98. The molecular formula is C20H18FN3O6. The monoisotopic (exact) mass is 415 g/mol. The first-order valence-electron chi connectivity index (χ1n) is 9.12. The summed E-state index contributed by atoms with van der Waals surface area (Å²) in [6, 6.07) is 9.22. The van der Waals surface area contributed by atoms with Gasteiger partial charge in [0.25, 0.3) is 5.91 Å². The zero-order chi connectivity index (χ0) is 21.8. The van der Waals surface area contributed by atoms with Crippen LogP contribution in [0, 0.1) is 15.9 Å². The van der Waals surface area contributed by atoms with Crippen molar-refractivity contribution in [3.05, 3.63) is 64.0 Å². The Hall–Kier alpha value is -3.82. The van der Waals surface area contributed by atoms with Crippen LogP contribution in [0.5, 0.6) is 0 Å². The predicted molar refractivity (Wildman–Crippen MR) is 105 cm³/mol. The van der Waals surface area contributed by atoms with E-state index in [0.29, 0.717) is 18.7 Å². The van der Waals surface area contributed by atoms with Gasteiger partial charge in [0.05, 0.1) is 10.5 Å². The molecule has 0 bridgehead atoms. The predicted octanol–water partition coefficient (Wildman–Crippen LogP) is 3.04. The average molecular weight is 415 g/mol. The third-order valence-corrected chi connectivity index (χ3v) is 4.53. The van der Waals surface area contributed by atoms with Gasteiger partial charge in [0, 0.05) is 30.4 Å². The molecule has 2 aromatic rings. The summed E-state index contributed by atoms with van der Waals surface area (Å²) in [4.78, 5) is 48.0. The number of nitrogens with one attached hydrogen (secondary N) is 1. The minimum absolute atomic E-state index is 0.00876. The Bertz CT molecular complexity index is 1030. The first-order valence-corrected chi connectivity index (χ1v) is 9.12. The quantitative estimate of drug-likeness (QED) is 0.440. The maximum atomic E-state index is 13.4. The van der Waals surface area contributed by atoms with Crippen molar-refractivity contribution >= 4 is 34.8 Å². The molecule has 1 N–H and O–H groups in total. The molecule has 156 valence electrons. The lowest BCUT2D eigenvalue weighted by Gasteiger charge is -2.17. The smallest absolute Gasteiger partial charge is 0.338 e. The maximum Gasteiger partial charge on any atom is 0.338 e. The van der Waals surface area contributed by atoms with Gasteiger partial charge in [-0.15, -0.1) is 0 Å². The van der Waals surface area contributed by atoms with Crippen molar-refractivity contribution in [1.29, 1.82) is 0 Å². The van der Waals surface area contributed by atoms with Gasteiger partial charge < -0.3 is 15.0 Å². The van der Waals surface area contributed by atoms with Gasteiger partial charge in [-0.3, -0.25) is 19.7 Å². The van der Waals surface area contributed by atoms with E-state index >= 15 is 0 Å². The molecule has 3 rings (SSSR count). The van der Waals surface area contributed by atoms with E-state index < -0.39 is 34.4 Å². The maximum absolute atomic E-state index is 13.4. The second kappa shape index (κ2) is 8.68. The van der Waals surface area contributed by atoms with Crippen molar-refractivity contribution < 1.29 is 28.4 Å². The van der Waals surface area contributed by atoms with E-state index in [4.69, 9.17) is 4.74 Å². The number of carbonyl (C=O) groups is 3. The Morgan fingerprint density at radius 1 is 1.27 bits per heavy atom. The highest BCUT2D eigenvalue weighted by atomic mass is 19.1. The van der Waals surface area contributed by atoms with E-state index in [2.05, 4.69) is 5.32 Å². The van der Waals surface area contributed by atoms with E-state index in [1.807, 2.05) is 0 Å². The van der Waals surface area contributed by atoms with Gasteiger partial charge in [0.15, 0.2) is 6.10 Å². The number of esters is 1. The van der Waals surface area contributed by atoms with Gasteiger partial charge in [-0.25, -0.2) is 4.79 Å². The number of halogens is 1. The Kier molecular flexibility index (Phi) is 6.05.